The summed E-state index contributed by atoms with van der Waals surface area (Å²) in [5, 5.41) is 39.5. The van der Waals surface area contributed by atoms with Crippen LogP contribution in [0, 0.1) is 0 Å². The molecule has 0 radical (unpaired) electrons. The predicted molar refractivity (Wildman–Crippen MR) is 81.3 cm³/mol. The molecule has 0 rings (SSSR count). The fraction of sp³-hybridized carbons (Fsp3) is 0.667. The Bertz CT molecular complexity index is 245. The number of hydroxylamine groups is 2. The second-order valence-corrected chi connectivity index (χ2v) is 3.41. The van der Waals surface area contributed by atoms with Gasteiger partial charge in [0.15, 0.2) is 0 Å². The molecule has 0 aliphatic carbocycles. The molecule has 0 atom stereocenters. The standard InChI is InChI=1S/C4H12N2O.4C2H4O2/c1-2-6(7)4-3-5;4*1-2(3)4/h7H,2-5H2,1H3;4*1H3,(H,3,4). The fourth-order valence-corrected chi connectivity index (χ4v) is 0.307. The van der Waals surface area contributed by atoms with Crippen LogP contribution in [0.5, 0.6) is 0 Å². The summed E-state index contributed by atoms with van der Waals surface area (Å²) in [6.45, 7) is 7.94. The van der Waals surface area contributed by atoms with Crippen molar-refractivity contribution in [1.29, 1.82) is 0 Å². The van der Waals surface area contributed by atoms with Crippen LogP contribution in [-0.2, 0) is 19.2 Å². The molecular weight excluding hydrogens is 316 g/mol. The predicted octanol–water partition coefficient (Wildman–Crippen LogP) is 0.0198. The first-order valence-electron chi connectivity index (χ1n) is 6.16. The SMILES string of the molecule is CC(=O)O.CC(=O)O.CC(=O)O.CC(=O)O.CCN(O)CCN. The third-order valence-electron chi connectivity index (χ3n) is 0.752. The van der Waals surface area contributed by atoms with Crippen molar-refractivity contribution in [2.75, 3.05) is 19.6 Å². The number of likely N-dealkylation sites (N-methyl/N-ethyl adjacent to an activating group) is 1. The van der Waals surface area contributed by atoms with Crippen molar-refractivity contribution in [3.63, 3.8) is 0 Å². The average Bonchev–Trinajstić information content (AvgIpc) is 2.26. The van der Waals surface area contributed by atoms with Gasteiger partial charge in [-0.05, 0) is 0 Å². The molecule has 0 saturated heterocycles. The quantitative estimate of drug-likeness (QED) is 0.377. The van der Waals surface area contributed by atoms with Gasteiger partial charge in [-0.2, -0.15) is 5.06 Å². The highest BCUT2D eigenvalue weighted by Gasteiger charge is 1.89. The first kappa shape index (κ1) is 32.6. The number of hydrogen-bond donors (Lipinski definition) is 6. The number of carboxylic acids is 4. The fourth-order valence-electron chi connectivity index (χ4n) is 0.307. The van der Waals surface area contributed by atoms with Crippen LogP contribution in [0.1, 0.15) is 34.6 Å². The van der Waals surface area contributed by atoms with E-state index in [9.17, 15) is 0 Å². The van der Waals surface area contributed by atoms with Gasteiger partial charge in [-0.1, -0.05) is 6.92 Å². The van der Waals surface area contributed by atoms with Gasteiger partial charge in [0.2, 0.25) is 0 Å². The monoisotopic (exact) mass is 344 g/mol. The number of carbonyl (C=O) groups is 4. The lowest BCUT2D eigenvalue weighted by Crippen LogP contribution is -2.25. The van der Waals surface area contributed by atoms with Crippen molar-refractivity contribution >= 4 is 23.9 Å². The van der Waals surface area contributed by atoms with Crippen molar-refractivity contribution in [2.24, 2.45) is 5.73 Å². The number of carboxylic acid groups (broad SMARTS) is 4. The highest BCUT2D eigenvalue weighted by molar-refractivity contribution is 5.63. The summed E-state index contributed by atoms with van der Waals surface area (Å²) in [6.07, 6.45) is 0. The molecule has 0 aliphatic heterocycles. The molecule has 11 nitrogen and oxygen atoms in total. The average molecular weight is 344 g/mol. The van der Waals surface area contributed by atoms with Crippen molar-refractivity contribution in [3.05, 3.63) is 0 Å². The van der Waals surface area contributed by atoms with Crippen LogP contribution in [0.2, 0.25) is 0 Å². The number of nitrogens with two attached hydrogens (primary N) is 1. The molecular formula is C12H28N2O9. The van der Waals surface area contributed by atoms with E-state index < -0.39 is 23.9 Å². The van der Waals surface area contributed by atoms with E-state index in [4.69, 9.17) is 50.5 Å². The number of hydrogen-bond acceptors (Lipinski definition) is 7. The molecule has 0 unspecified atom stereocenters. The highest BCUT2D eigenvalue weighted by Crippen LogP contribution is 1.73. The van der Waals surface area contributed by atoms with Crippen LogP contribution >= 0.6 is 0 Å². The molecule has 0 amide bonds. The molecule has 0 aliphatic rings. The molecule has 0 aromatic heterocycles. The van der Waals surface area contributed by atoms with Gasteiger partial charge in [0.1, 0.15) is 0 Å². The molecule has 23 heavy (non-hydrogen) atoms. The summed E-state index contributed by atoms with van der Waals surface area (Å²) in [7, 11) is 0. The second-order valence-electron chi connectivity index (χ2n) is 3.41. The zero-order valence-electron chi connectivity index (χ0n) is 14.0. The van der Waals surface area contributed by atoms with Gasteiger partial charge in [-0.15, -0.1) is 0 Å². The Morgan fingerprint density at radius 2 is 0.957 bits per heavy atom. The Kier molecular flexibility index (Phi) is 39.7. The maximum atomic E-state index is 9.00. The number of rotatable bonds is 3. The van der Waals surface area contributed by atoms with Gasteiger partial charge in [0, 0.05) is 47.3 Å². The molecule has 0 aromatic carbocycles. The summed E-state index contributed by atoms with van der Waals surface area (Å²) in [5.74, 6) is -3.33. The Balaban J connectivity index is -0.0000000604. The van der Waals surface area contributed by atoms with Crippen molar-refractivity contribution in [1.82, 2.24) is 5.06 Å². The van der Waals surface area contributed by atoms with Crippen LogP contribution in [0.4, 0.5) is 0 Å². The van der Waals surface area contributed by atoms with E-state index in [0.717, 1.165) is 27.7 Å². The maximum Gasteiger partial charge on any atom is 0.300 e. The molecule has 0 bridgehead atoms. The lowest BCUT2D eigenvalue weighted by atomic mass is 10.6. The second kappa shape index (κ2) is 28.0. The van der Waals surface area contributed by atoms with Gasteiger partial charge in [-0.25, -0.2) is 0 Å². The van der Waals surface area contributed by atoms with E-state index in [2.05, 4.69) is 0 Å². The maximum absolute atomic E-state index is 9.00. The number of aliphatic carboxylic acids is 4. The van der Waals surface area contributed by atoms with Crippen LogP contribution in [-0.4, -0.2) is 74.2 Å². The van der Waals surface area contributed by atoms with Crippen LogP contribution in [0.25, 0.3) is 0 Å². The lowest BCUT2D eigenvalue weighted by molar-refractivity contribution is -0.135. The topological polar surface area (TPSA) is 199 Å². The lowest BCUT2D eigenvalue weighted by Gasteiger charge is -2.07. The zero-order valence-corrected chi connectivity index (χ0v) is 14.0. The molecule has 0 spiro atoms. The largest absolute Gasteiger partial charge is 0.481 e. The zero-order chi connectivity index (χ0) is 20.0. The summed E-state index contributed by atoms with van der Waals surface area (Å²) in [4.78, 5) is 36.0. The van der Waals surface area contributed by atoms with E-state index in [1.54, 1.807) is 0 Å². The van der Waals surface area contributed by atoms with Gasteiger partial charge in [0.05, 0.1) is 0 Å². The van der Waals surface area contributed by atoms with E-state index in [1.165, 1.54) is 5.06 Å². The summed E-state index contributed by atoms with van der Waals surface area (Å²) < 4.78 is 0. The summed E-state index contributed by atoms with van der Waals surface area (Å²) in [5.41, 5.74) is 5.10. The van der Waals surface area contributed by atoms with Crippen LogP contribution in [0.15, 0.2) is 0 Å². The highest BCUT2D eigenvalue weighted by atomic mass is 16.5. The van der Waals surface area contributed by atoms with Crippen LogP contribution in [0.3, 0.4) is 0 Å². The third-order valence-corrected chi connectivity index (χ3v) is 0.752. The molecule has 0 fully saturated rings. The minimum Gasteiger partial charge on any atom is -0.481 e. The van der Waals surface area contributed by atoms with E-state index in [0.29, 0.717) is 19.6 Å². The summed E-state index contributed by atoms with van der Waals surface area (Å²) in [6, 6.07) is 0. The van der Waals surface area contributed by atoms with Crippen molar-refractivity contribution in [2.45, 2.75) is 34.6 Å². The van der Waals surface area contributed by atoms with Gasteiger partial charge >= 0.3 is 0 Å². The van der Waals surface area contributed by atoms with E-state index in [-0.39, 0.29) is 0 Å². The minimum atomic E-state index is -0.833. The molecule has 0 heterocycles. The molecule has 11 heteroatoms. The van der Waals surface area contributed by atoms with Crippen LogP contribution < -0.4 is 5.73 Å². The van der Waals surface area contributed by atoms with Gasteiger partial charge in [-0.3, -0.25) is 19.2 Å². The van der Waals surface area contributed by atoms with E-state index >= 15 is 0 Å². The first-order valence-corrected chi connectivity index (χ1v) is 6.16. The molecule has 0 saturated carbocycles. The minimum absolute atomic E-state index is 0.518. The third kappa shape index (κ3) is 818. The van der Waals surface area contributed by atoms with Crippen molar-refractivity contribution < 1.29 is 44.8 Å². The van der Waals surface area contributed by atoms with Gasteiger partial charge < -0.3 is 31.4 Å². The Labute approximate surface area is 134 Å². The normalized spacial score (nSPS) is 7.48. The van der Waals surface area contributed by atoms with E-state index in [1.807, 2.05) is 6.92 Å². The molecule has 0 aromatic rings. The molecule has 140 valence electrons. The van der Waals surface area contributed by atoms with Gasteiger partial charge in [0.25, 0.3) is 23.9 Å². The Morgan fingerprint density at radius 1 is 0.783 bits per heavy atom. The Hall–Kier alpha value is -2.24. The summed E-state index contributed by atoms with van der Waals surface area (Å²) >= 11 is 0. The molecule has 7 N–H and O–H groups in total. The first-order chi connectivity index (χ1) is 10.2. The number of nitrogens with zero attached hydrogens (tertiary/aromatic N) is 1. The Morgan fingerprint density at radius 3 is 1.00 bits per heavy atom. The van der Waals surface area contributed by atoms with Crippen molar-refractivity contribution in [3.8, 4) is 0 Å². The smallest absolute Gasteiger partial charge is 0.300 e.